The number of esters is 1. The number of aromatic nitrogens is 1. The summed E-state index contributed by atoms with van der Waals surface area (Å²) in [5, 5.41) is 9.52. The minimum absolute atomic E-state index is 0.108. The van der Waals surface area contributed by atoms with Crippen LogP contribution in [0.3, 0.4) is 0 Å². The Kier molecular flexibility index (Phi) is 7.03. The first-order valence-corrected chi connectivity index (χ1v) is 12.9. The maximum atomic E-state index is 13.8. The number of thiazole rings is 1. The van der Waals surface area contributed by atoms with Gasteiger partial charge in [0.2, 0.25) is 0 Å². The van der Waals surface area contributed by atoms with Crippen LogP contribution in [0.25, 0.3) is 17.4 Å². The minimum Gasteiger partial charge on any atom is -0.496 e. The van der Waals surface area contributed by atoms with E-state index in [1.165, 1.54) is 17.7 Å². The predicted molar refractivity (Wildman–Crippen MR) is 144 cm³/mol. The second-order valence-corrected chi connectivity index (χ2v) is 9.61. The smallest absolute Gasteiger partial charge is 0.338 e. The zero-order chi connectivity index (χ0) is 27.7. The second kappa shape index (κ2) is 10.6. The molecule has 1 N–H and O–H groups in total. The Balaban J connectivity index is 1.66. The molecule has 39 heavy (non-hydrogen) atoms. The molecule has 5 rings (SSSR count). The molecule has 4 aromatic rings. The van der Waals surface area contributed by atoms with E-state index in [9.17, 15) is 19.5 Å². The standard InChI is InChI=1S/C29H24N2O7S/c1-4-37-28(35)24-16(2)30-29-31(25(24)20-11-7-8-12-21(20)36-3)26(32)23(39-29)15-17-13-14-22(38-17)18-9-5-6-10-19(18)27(33)34/h5-15,25H,4H2,1-3H3,(H,33,34)/b23-15-/t25-/m0/s1. The number of ether oxygens (including phenoxy) is 2. The minimum atomic E-state index is -1.07. The van der Waals surface area contributed by atoms with Gasteiger partial charge in [-0.25, -0.2) is 14.6 Å². The summed E-state index contributed by atoms with van der Waals surface area (Å²) in [5.41, 5.74) is 1.49. The zero-order valence-electron chi connectivity index (χ0n) is 21.3. The van der Waals surface area contributed by atoms with Gasteiger partial charge in [0.05, 0.1) is 35.1 Å². The third-order valence-electron chi connectivity index (χ3n) is 6.27. The fraction of sp³-hybridized carbons (Fsp3) is 0.172. The molecule has 2 aromatic heterocycles. The summed E-state index contributed by atoms with van der Waals surface area (Å²) in [6.45, 7) is 3.60. The number of carbonyl (C=O) groups is 2. The van der Waals surface area contributed by atoms with E-state index in [1.807, 2.05) is 12.1 Å². The predicted octanol–water partition coefficient (Wildman–Crippen LogP) is 3.77. The molecule has 0 bridgehead atoms. The van der Waals surface area contributed by atoms with E-state index in [1.54, 1.807) is 62.4 Å². The van der Waals surface area contributed by atoms with Gasteiger partial charge in [-0.2, -0.15) is 0 Å². The van der Waals surface area contributed by atoms with Gasteiger partial charge in [-0.1, -0.05) is 47.7 Å². The molecule has 2 aromatic carbocycles. The summed E-state index contributed by atoms with van der Waals surface area (Å²) in [6.07, 6.45) is 1.58. The monoisotopic (exact) mass is 544 g/mol. The third kappa shape index (κ3) is 4.70. The average molecular weight is 545 g/mol. The van der Waals surface area contributed by atoms with Crippen molar-refractivity contribution in [2.24, 2.45) is 4.99 Å². The van der Waals surface area contributed by atoms with E-state index >= 15 is 0 Å². The number of hydrogen-bond acceptors (Lipinski definition) is 8. The Morgan fingerprint density at radius 3 is 2.62 bits per heavy atom. The van der Waals surface area contributed by atoms with Crippen LogP contribution >= 0.6 is 11.3 Å². The lowest BCUT2D eigenvalue weighted by Gasteiger charge is -2.25. The van der Waals surface area contributed by atoms with Crippen LogP contribution in [0.4, 0.5) is 0 Å². The number of para-hydroxylation sites is 1. The molecule has 0 unspecified atom stereocenters. The van der Waals surface area contributed by atoms with E-state index < -0.39 is 18.0 Å². The van der Waals surface area contributed by atoms with Gasteiger partial charge in [0, 0.05) is 17.2 Å². The number of fused-ring (bicyclic) bond motifs is 1. The summed E-state index contributed by atoms with van der Waals surface area (Å²) in [6, 6.07) is 16.2. The van der Waals surface area contributed by atoms with Crippen LogP contribution in [0.2, 0.25) is 0 Å². The number of allylic oxidation sites excluding steroid dienone is 1. The molecule has 0 saturated heterocycles. The zero-order valence-corrected chi connectivity index (χ0v) is 22.2. The SMILES string of the molecule is CCOC(=O)C1=C(C)N=c2s/c(=C\c3ccc(-c4ccccc4C(=O)O)o3)c(=O)n2[C@H]1c1ccccc1OC. The number of nitrogens with zero attached hydrogens (tertiary/aromatic N) is 2. The number of aromatic carboxylic acids is 1. The Morgan fingerprint density at radius 1 is 1.13 bits per heavy atom. The molecule has 0 spiro atoms. The van der Waals surface area contributed by atoms with Crippen molar-refractivity contribution < 1.29 is 28.6 Å². The van der Waals surface area contributed by atoms with Crippen molar-refractivity contribution in [2.75, 3.05) is 13.7 Å². The number of carbonyl (C=O) groups excluding carboxylic acids is 1. The third-order valence-corrected chi connectivity index (χ3v) is 7.26. The number of benzene rings is 2. The van der Waals surface area contributed by atoms with Gasteiger partial charge < -0.3 is 19.0 Å². The van der Waals surface area contributed by atoms with Crippen LogP contribution in [-0.4, -0.2) is 35.3 Å². The molecule has 1 aliphatic heterocycles. The van der Waals surface area contributed by atoms with E-state index in [2.05, 4.69) is 4.99 Å². The Labute approximate surface area is 226 Å². The van der Waals surface area contributed by atoms with Crippen molar-refractivity contribution in [1.82, 2.24) is 4.57 Å². The Hall–Kier alpha value is -4.70. The first kappa shape index (κ1) is 25.9. The summed E-state index contributed by atoms with van der Waals surface area (Å²) in [7, 11) is 1.53. The molecule has 0 aliphatic carbocycles. The van der Waals surface area contributed by atoms with Crippen LogP contribution in [0.1, 0.15) is 41.6 Å². The molecule has 1 atom stereocenters. The summed E-state index contributed by atoms with van der Waals surface area (Å²) < 4.78 is 18.6. The van der Waals surface area contributed by atoms with E-state index in [4.69, 9.17) is 13.9 Å². The highest BCUT2D eigenvalue weighted by Gasteiger charge is 2.35. The van der Waals surface area contributed by atoms with Gasteiger partial charge in [0.25, 0.3) is 5.56 Å². The summed E-state index contributed by atoms with van der Waals surface area (Å²) in [5.74, 6) is -0.385. The van der Waals surface area contributed by atoms with Crippen LogP contribution in [0, 0.1) is 0 Å². The number of methoxy groups -OCH3 is 1. The van der Waals surface area contributed by atoms with Crippen molar-refractivity contribution in [3.05, 3.63) is 109 Å². The van der Waals surface area contributed by atoms with Crippen molar-refractivity contribution in [3.63, 3.8) is 0 Å². The lowest BCUT2D eigenvalue weighted by atomic mass is 9.95. The van der Waals surface area contributed by atoms with Crippen molar-refractivity contribution in [3.8, 4) is 17.1 Å². The fourth-order valence-corrected chi connectivity index (χ4v) is 5.59. The van der Waals surface area contributed by atoms with Crippen molar-refractivity contribution >= 4 is 29.4 Å². The molecule has 0 fully saturated rings. The molecule has 0 amide bonds. The molecule has 3 heterocycles. The van der Waals surface area contributed by atoms with Crippen molar-refractivity contribution in [2.45, 2.75) is 19.9 Å². The molecule has 198 valence electrons. The highest BCUT2D eigenvalue weighted by molar-refractivity contribution is 7.07. The van der Waals surface area contributed by atoms with Crippen LogP contribution in [0.5, 0.6) is 5.75 Å². The maximum absolute atomic E-state index is 13.8. The van der Waals surface area contributed by atoms with Crippen LogP contribution in [0.15, 0.2) is 86.1 Å². The number of furan rings is 1. The van der Waals surface area contributed by atoms with Gasteiger partial charge in [-0.15, -0.1) is 0 Å². The lowest BCUT2D eigenvalue weighted by Crippen LogP contribution is -2.40. The average Bonchev–Trinajstić information content (AvgIpc) is 3.52. The first-order valence-electron chi connectivity index (χ1n) is 12.1. The second-order valence-electron chi connectivity index (χ2n) is 8.60. The van der Waals surface area contributed by atoms with Gasteiger partial charge in [0.1, 0.15) is 23.3 Å². The quantitative estimate of drug-likeness (QED) is 0.352. The van der Waals surface area contributed by atoms with Crippen LogP contribution < -0.4 is 19.6 Å². The Bertz CT molecular complexity index is 1810. The highest BCUT2D eigenvalue weighted by Crippen LogP contribution is 2.35. The van der Waals surface area contributed by atoms with E-state index in [0.29, 0.717) is 43.4 Å². The number of rotatable bonds is 7. The summed E-state index contributed by atoms with van der Waals surface area (Å²) in [4.78, 5) is 43.5. The van der Waals surface area contributed by atoms with Gasteiger partial charge in [-0.3, -0.25) is 9.36 Å². The maximum Gasteiger partial charge on any atom is 0.338 e. The van der Waals surface area contributed by atoms with Crippen molar-refractivity contribution in [1.29, 1.82) is 0 Å². The molecule has 1 aliphatic rings. The molecule has 0 radical (unpaired) electrons. The van der Waals surface area contributed by atoms with E-state index in [-0.39, 0.29) is 23.3 Å². The topological polar surface area (TPSA) is 120 Å². The fourth-order valence-electron chi connectivity index (χ4n) is 4.57. The first-order chi connectivity index (χ1) is 18.8. The Morgan fingerprint density at radius 2 is 1.87 bits per heavy atom. The van der Waals surface area contributed by atoms with Gasteiger partial charge in [0.15, 0.2) is 4.80 Å². The largest absolute Gasteiger partial charge is 0.496 e. The highest BCUT2D eigenvalue weighted by atomic mass is 32.1. The number of hydrogen-bond donors (Lipinski definition) is 1. The molecule has 0 saturated carbocycles. The van der Waals surface area contributed by atoms with Crippen LogP contribution in [-0.2, 0) is 9.53 Å². The summed E-state index contributed by atoms with van der Waals surface area (Å²) >= 11 is 1.16. The van der Waals surface area contributed by atoms with Gasteiger partial charge >= 0.3 is 11.9 Å². The van der Waals surface area contributed by atoms with E-state index in [0.717, 1.165) is 11.3 Å². The lowest BCUT2D eigenvalue weighted by molar-refractivity contribution is -0.139. The number of carboxylic acids is 1. The number of carboxylic acid groups (broad SMARTS) is 1. The molecular weight excluding hydrogens is 520 g/mol. The molecular formula is C29H24N2O7S. The van der Waals surface area contributed by atoms with Gasteiger partial charge in [-0.05, 0) is 38.1 Å². The molecule has 9 nitrogen and oxygen atoms in total. The normalized spacial score (nSPS) is 15.1. The molecule has 10 heteroatoms.